The van der Waals surface area contributed by atoms with E-state index in [1.165, 1.54) is 0 Å². The number of hydrogen-bond acceptors (Lipinski definition) is 2. The van der Waals surface area contributed by atoms with Crippen LogP contribution in [0.1, 0.15) is 13.8 Å². The van der Waals surface area contributed by atoms with E-state index in [4.69, 9.17) is 10.4 Å². The van der Waals surface area contributed by atoms with Crippen molar-refractivity contribution in [1.29, 1.82) is 5.26 Å². The van der Waals surface area contributed by atoms with E-state index in [-0.39, 0.29) is 0 Å². The van der Waals surface area contributed by atoms with Crippen molar-refractivity contribution in [1.82, 2.24) is 0 Å². The predicted molar refractivity (Wildman–Crippen MR) is 39.4 cm³/mol. The SMILES string of the molecule is CC#CC(C(=O)O)C(C)C#N. The molecule has 0 heterocycles. The van der Waals surface area contributed by atoms with Gasteiger partial charge in [-0.2, -0.15) is 5.26 Å². The lowest BCUT2D eigenvalue weighted by Crippen LogP contribution is -2.18. The molecule has 0 aromatic heterocycles. The van der Waals surface area contributed by atoms with Crippen LogP contribution in [0.5, 0.6) is 0 Å². The average Bonchev–Trinajstić information content (AvgIpc) is 1.98. The summed E-state index contributed by atoms with van der Waals surface area (Å²) in [6.07, 6.45) is 0. The van der Waals surface area contributed by atoms with E-state index in [1.807, 2.05) is 6.07 Å². The first kappa shape index (κ1) is 9.52. The second-order valence-corrected chi connectivity index (χ2v) is 2.13. The largest absolute Gasteiger partial charge is 0.480 e. The number of carboxylic acid groups (broad SMARTS) is 1. The summed E-state index contributed by atoms with van der Waals surface area (Å²) in [6.45, 7) is 3.10. The van der Waals surface area contributed by atoms with E-state index in [9.17, 15) is 4.79 Å². The van der Waals surface area contributed by atoms with Crippen LogP contribution in [0.3, 0.4) is 0 Å². The van der Waals surface area contributed by atoms with Crippen LogP contribution in [-0.4, -0.2) is 11.1 Å². The molecule has 0 bridgehead atoms. The van der Waals surface area contributed by atoms with Gasteiger partial charge in [0.05, 0.1) is 12.0 Å². The predicted octanol–water partition coefficient (Wildman–Crippen LogP) is 0.870. The molecule has 0 saturated heterocycles. The Morgan fingerprint density at radius 1 is 1.64 bits per heavy atom. The molecule has 0 aliphatic heterocycles. The lowest BCUT2D eigenvalue weighted by atomic mass is 9.96. The highest BCUT2D eigenvalue weighted by Gasteiger charge is 2.21. The Balaban J connectivity index is 4.45. The summed E-state index contributed by atoms with van der Waals surface area (Å²) in [6, 6.07) is 1.85. The van der Waals surface area contributed by atoms with Crippen molar-refractivity contribution >= 4 is 5.97 Å². The fourth-order valence-corrected chi connectivity index (χ4v) is 0.631. The highest BCUT2D eigenvalue weighted by molar-refractivity contribution is 5.74. The molecule has 2 unspecified atom stereocenters. The Kier molecular flexibility index (Phi) is 3.77. The molecule has 0 spiro atoms. The molecule has 0 radical (unpaired) electrons. The van der Waals surface area contributed by atoms with Gasteiger partial charge in [-0.3, -0.25) is 4.79 Å². The zero-order valence-corrected chi connectivity index (χ0v) is 6.46. The first-order chi connectivity index (χ1) is 5.13. The molecule has 0 aromatic rings. The Hall–Kier alpha value is -1.48. The van der Waals surface area contributed by atoms with Crippen molar-refractivity contribution < 1.29 is 9.90 Å². The fraction of sp³-hybridized carbons (Fsp3) is 0.500. The molecule has 3 nitrogen and oxygen atoms in total. The third-order valence-corrected chi connectivity index (χ3v) is 1.27. The maximum atomic E-state index is 10.4. The molecular weight excluding hydrogens is 142 g/mol. The zero-order valence-electron chi connectivity index (χ0n) is 6.46. The van der Waals surface area contributed by atoms with Gasteiger partial charge in [0.15, 0.2) is 0 Å². The third kappa shape index (κ3) is 2.73. The summed E-state index contributed by atoms with van der Waals surface area (Å²) in [5.74, 6) is 2.50. The Bertz CT molecular complexity index is 241. The summed E-state index contributed by atoms with van der Waals surface area (Å²) in [7, 11) is 0. The highest BCUT2D eigenvalue weighted by atomic mass is 16.4. The van der Waals surface area contributed by atoms with Crippen molar-refractivity contribution in [2.24, 2.45) is 11.8 Å². The van der Waals surface area contributed by atoms with Crippen LogP contribution < -0.4 is 0 Å². The molecule has 58 valence electrons. The highest BCUT2D eigenvalue weighted by Crippen LogP contribution is 2.08. The van der Waals surface area contributed by atoms with Gasteiger partial charge in [-0.1, -0.05) is 5.92 Å². The normalized spacial score (nSPS) is 13.5. The van der Waals surface area contributed by atoms with Gasteiger partial charge in [-0.15, -0.1) is 5.92 Å². The topological polar surface area (TPSA) is 61.1 Å². The van der Waals surface area contributed by atoms with E-state index >= 15 is 0 Å². The average molecular weight is 151 g/mol. The van der Waals surface area contributed by atoms with Crippen LogP contribution in [-0.2, 0) is 4.79 Å². The van der Waals surface area contributed by atoms with Gasteiger partial charge < -0.3 is 5.11 Å². The first-order valence-electron chi connectivity index (χ1n) is 3.18. The van der Waals surface area contributed by atoms with Gasteiger partial charge >= 0.3 is 5.97 Å². The lowest BCUT2D eigenvalue weighted by molar-refractivity contribution is -0.140. The molecule has 0 aliphatic rings. The van der Waals surface area contributed by atoms with Crippen molar-refractivity contribution in [3.63, 3.8) is 0 Å². The number of carboxylic acids is 1. The Morgan fingerprint density at radius 2 is 2.18 bits per heavy atom. The van der Waals surface area contributed by atoms with Gasteiger partial charge in [0.25, 0.3) is 0 Å². The second-order valence-electron chi connectivity index (χ2n) is 2.13. The van der Waals surface area contributed by atoms with Crippen LogP contribution >= 0.6 is 0 Å². The lowest BCUT2D eigenvalue weighted by Gasteiger charge is -2.05. The molecule has 0 amide bonds. The maximum Gasteiger partial charge on any atom is 0.320 e. The molecule has 0 fully saturated rings. The smallest absolute Gasteiger partial charge is 0.320 e. The molecule has 11 heavy (non-hydrogen) atoms. The second kappa shape index (κ2) is 4.35. The molecule has 0 aliphatic carbocycles. The minimum Gasteiger partial charge on any atom is -0.480 e. The molecule has 0 saturated carbocycles. The van der Waals surface area contributed by atoms with Crippen LogP contribution in [0.25, 0.3) is 0 Å². The summed E-state index contributed by atoms with van der Waals surface area (Å²) in [5.41, 5.74) is 0. The van der Waals surface area contributed by atoms with Crippen molar-refractivity contribution in [2.75, 3.05) is 0 Å². The van der Waals surface area contributed by atoms with Gasteiger partial charge in [0.2, 0.25) is 0 Å². The van der Waals surface area contributed by atoms with Crippen LogP contribution in [0.4, 0.5) is 0 Å². The molecule has 3 heteroatoms. The zero-order chi connectivity index (χ0) is 8.85. The van der Waals surface area contributed by atoms with Crippen molar-refractivity contribution in [2.45, 2.75) is 13.8 Å². The van der Waals surface area contributed by atoms with Gasteiger partial charge in [-0.25, -0.2) is 0 Å². The number of aliphatic carboxylic acids is 1. The van der Waals surface area contributed by atoms with Crippen LogP contribution in [0.15, 0.2) is 0 Å². The standard InChI is InChI=1S/C8H9NO2/c1-3-4-7(8(10)11)6(2)5-9/h6-7H,1-2H3,(H,10,11). The van der Waals surface area contributed by atoms with Gasteiger partial charge in [0, 0.05) is 0 Å². The van der Waals surface area contributed by atoms with E-state index in [0.717, 1.165) is 0 Å². The van der Waals surface area contributed by atoms with Gasteiger partial charge in [-0.05, 0) is 13.8 Å². The monoisotopic (exact) mass is 151 g/mol. The number of nitriles is 1. The summed E-state index contributed by atoms with van der Waals surface area (Å²) in [4.78, 5) is 10.4. The minimum atomic E-state index is -1.03. The molecule has 2 atom stereocenters. The van der Waals surface area contributed by atoms with Gasteiger partial charge in [0.1, 0.15) is 5.92 Å². The summed E-state index contributed by atoms with van der Waals surface area (Å²) >= 11 is 0. The third-order valence-electron chi connectivity index (χ3n) is 1.27. The van der Waals surface area contributed by atoms with E-state index in [1.54, 1.807) is 13.8 Å². The maximum absolute atomic E-state index is 10.4. The number of nitrogens with zero attached hydrogens (tertiary/aromatic N) is 1. The summed E-state index contributed by atoms with van der Waals surface area (Å²) < 4.78 is 0. The first-order valence-corrected chi connectivity index (χ1v) is 3.18. The Morgan fingerprint density at radius 3 is 2.45 bits per heavy atom. The number of carbonyl (C=O) groups is 1. The molecule has 1 N–H and O–H groups in total. The number of hydrogen-bond donors (Lipinski definition) is 1. The van der Waals surface area contributed by atoms with E-state index in [2.05, 4.69) is 11.8 Å². The van der Waals surface area contributed by atoms with E-state index < -0.39 is 17.8 Å². The summed E-state index contributed by atoms with van der Waals surface area (Å²) in [5, 5.41) is 17.0. The van der Waals surface area contributed by atoms with Crippen LogP contribution in [0.2, 0.25) is 0 Å². The molecule has 0 rings (SSSR count). The molecular formula is C8H9NO2. The van der Waals surface area contributed by atoms with E-state index in [0.29, 0.717) is 0 Å². The number of rotatable bonds is 2. The minimum absolute atomic E-state index is 0.556. The van der Waals surface area contributed by atoms with Crippen molar-refractivity contribution in [3.05, 3.63) is 0 Å². The van der Waals surface area contributed by atoms with Crippen LogP contribution in [0, 0.1) is 35.0 Å². The fourth-order valence-electron chi connectivity index (χ4n) is 0.631. The quantitative estimate of drug-likeness (QED) is 0.595. The Labute approximate surface area is 65.6 Å². The molecule has 0 aromatic carbocycles. The van der Waals surface area contributed by atoms with Crippen molar-refractivity contribution in [3.8, 4) is 17.9 Å².